The monoisotopic (exact) mass is 325 g/mol. The predicted molar refractivity (Wildman–Crippen MR) is 97.1 cm³/mol. The summed E-state index contributed by atoms with van der Waals surface area (Å²) in [7, 11) is 3.89. The summed E-state index contributed by atoms with van der Waals surface area (Å²) in [5.74, 6) is 0.873. The summed E-state index contributed by atoms with van der Waals surface area (Å²) in [5, 5.41) is 9.80. The van der Waals surface area contributed by atoms with E-state index in [2.05, 4.69) is 47.0 Å². The lowest BCUT2D eigenvalue weighted by molar-refractivity contribution is 0.313. The van der Waals surface area contributed by atoms with Crippen LogP contribution in [0.4, 0.5) is 5.69 Å². The number of likely N-dealkylation sites (N-methyl/N-ethyl adjacent to an activating group) is 1. The van der Waals surface area contributed by atoms with Crippen LogP contribution in [0.25, 0.3) is 21.9 Å². The average Bonchev–Trinajstić information content (AvgIpc) is 2.95. The van der Waals surface area contributed by atoms with Gasteiger partial charge >= 0.3 is 0 Å². The zero-order valence-electron chi connectivity index (χ0n) is 14.7. The third-order valence-corrected chi connectivity index (χ3v) is 4.97. The third kappa shape index (κ3) is 2.29. The molecular weight excluding hydrogens is 302 g/mol. The Hall–Kier alpha value is -2.34. The van der Waals surface area contributed by atoms with Gasteiger partial charge in [0.2, 0.25) is 0 Å². The van der Waals surface area contributed by atoms with Gasteiger partial charge in [0.05, 0.1) is 23.7 Å². The number of nitrogens with zero attached hydrogens (tertiary/aromatic N) is 4. The SMILES string of the molecule is COc1cc(C)c2nc3n[nH]c(C)c3c(N3CCN(C)CC3)c2c1. The van der Waals surface area contributed by atoms with Crippen molar-refractivity contribution < 1.29 is 4.74 Å². The molecule has 6 heteroatoms. The fraction of sp³-hybridized carbons (Fsp3) is 0.444. The second kappa shape index (κ2) is 5.63. The normalized spacial score (nSPS) is 16.2. The number of pyridine rings is 1. The zero-order valence-corrected chi connectivity index (χ0v) is 14.7. The summed E-state index contributed by atoms with van der Waals surface area (Å²) < 4.78 is 5.51. The standard InChI is InChI=1S/C18H23N5O/c1-11-9-13(24-4)10-14-16(11)19-18-15(12(2)20-21-18)17(14)23-7-5-22(3)6-8-23/h9-10H,5-8H2,1-4H3,(H,19,20,21). The predicted octanol–water partition coefficient (Wildman–Crippen LogP) is 2.49. The van der Waals surface area contributed by atoms with Crippen LogP contribution in [0.5, 0.6) is 5.75 Å². The van der Waals surface area contributed by atoms with E-state index in [1.165, 1.54) is 5.69 Å². The molecule has 0 unspecified atom stereocenters. The molecular formula is C18H23N5O. The first kappa shape index (κ1) is 15.2. The Morgan fingerprint density at radius 3 is 2.58 bits per heavy atom. The highest BCUT2D eigenvalue weighted by Crippen LogP contribution is 2.38. The lowest BCUT2D eigenvalue weighted by Gasteiger charge is -2.35. The van der Waals surface area contributed by atoms with Gasteiger partial charge in [-0.3, -0.25) is 5.10 Å². The van der Waals surface area contributed by atoms with E-state index in [-0.39, 0.29) is 0 Å². The van der Waals surface area contributed by atoms with Crippen molar-refractivity contribution in [3.8, 4) is 5.75 Å². The number of fused-ring (bicyclic) bond motifs is 2. The molecule has 0 amide bonds. The van der Waals surface area contributed by atoms with Crippen LogP contribution in [-0.2, 0) is 0 Å². The van der Waals surface area contributed by atoms with Gasteiger partial charge in [0.15, 0.2) is 5.65 Å². The summed E-state index contributed by atoms with van der Waals surface area (Å²) in [5.41, 5.74) is 5.21. The maximum atomic E-state index is 5.51. The first-order valence-corrected chi connectivity index (χ1v) is 8.35. The van der Waals surface area contributed by atoms with E-state index >= 15 is 0 Å². The van der Waals surface area contributed by atoms with Crippen molar-refractivity contribution in [1.82, 2.24) is 20.1 Å². The van der Waals surface area contributed by atoms with Gasteiger partial charge in [-0.1, -0.05) is 0 Å². The highest BCUT2D eigenvalue weighted by molar-refractivity contribution is 6.09. The molecule has 0 saturated carbocycles. The van der Waals surface area contributed by atoms with Crippen LogP contribution >= 0.6 is 0 Å². The van der Waals surface area contributed by atoms with Crippen molar-refractivity contribution in [2.24, 2.45) is 0 Å². The summed E-state index contributed by atoms with van der Waals surface area (Å²) >= 11 is 0. The van der Waals surface area contributed by atoms with Gasteiger partial charge in [0.25, 0.3) is 0 Å². The molecule has 2 aromatic heterocycles. The molecule has 4 rings (SSSR count). The second-order valence-corrected chi connectivity index (χ2v) is 6.64. The van der Waals surface area contributed by atoms with Gasteiger partial charge in [-0.15, -0.1) is 0 Å². The largest absolute Gasteiger partial charge is 0.497 e. The summed E-state index contributed by atoms with van der Waals surface area (Å²) in [6.45, 7) is 8.28. The Balaban J connectivity index is 2.04. The van der Waals surface area contributed by atoms with E-state index in [0.717, 1.165) is 65.1 Å². The molecule has 0 bridgehead atoms. The lowest BCUT2D eigenvalue weighted by atomic mass is 10.0. The average molecular weight is 325 g/mol. The molecule has 1 aliphatic rings. The van der Waals surface area contributed by atoms with E-state index < -0.39 is 0 Å². The van der Waals surface area contributed by atoms with Crippen molar-refractivity contribution in [1.29, 1.82) is 0 Å². The fourth-order valence-corrected chi connectivity index (χ4v) is 3.57. The van der Waals surface area contributed by atoms with E-state index in [1.54, 1.807) is 7.11 Å². The number of hydrogen-bond donors (Lipinski definition) is 1. The van der Waals surface area contributed by atoms with E-state index in [4.69, 9.17) is 9.72 Å². The maximum Gasteiger partial charge on any atom is 0.183 e. The molecule has 6 nitrogen and oxygen atoms in total. The number of aromatic nitrogens is 3. The number of aromatic amines is 1. The molecule has 1 aliphatic heterocycles. The van der Waals surface area contributed by atoms with Gasteiger partial charge in [-0.2, -0.15) is 5.10 Å². The fourth-order valence-electron chi connectivity index (χ4n) is 3.57. The lowest BCUT2D eigenvalue weighted by Crippen LogP contribution is -2.44. The van der Waals surface area contributed by atoms with Crippen LogP contribution in [0.3, 0.4) is 0 Å². The number of methoxy groups -OCH3 is 1. The molecule has 1 aromatic carbocycles. The minimum Gasteiger partial charge on any atom is -0.497 e. The minimum absolute atomic E-state index is 0.794. The van der Waals surface area contributed by atoms with E-state index in [1.807, 2.05) is 6.07 Å². The number of H-pyrrole nitrogens is 1. The van der Waals surface area contributed by atoms with Crippen molar-refractivity contribution in [2.45, 2.75) is 13.8 Å². The van der Waals surface area contributed by atoms with Gasteiger partial charge < -0.3 is 14.5 Å². The van der Waals surface area contributed by atoms with Crippen molar-refractivity contribution >= 4 is 27.6 Å². The van der Waals surface area contributed by atoms with Crippen molar-refractivity contribution in [2.75, 3.05) is 45.2 Å². The molecule has 0 radical (unpaired) electrons. The number of nitrogens with one attached hydrogen (secondary N) is 1. The maximum absolute atomic E-state index is 5.51. The van der Waals surface area contributed by atoms with Crippen LogP contribution in [0.15, 0.2) is 12.1 Å². The van der Waals surface area contributed by atoms with Gasteiger partial charge in [-0.25, -0.2) is 4.98 Å². The molecule has 3 heterocycles. The molecule has 0 atom stereocenters. The van der Waals surface area contributed by atoms with E-state index in [9.17, 15) is 0 Å². The second-order valence-electron chi connectivity index (χ2n) is 6.64. The van der Waals surface area contributed by atoms with Crippen LogP contribution in [0.2, 0.25) is 0 Å². The molecule has 1 N–H and O–H groups in total. The Morgan fingerprint density at radius 2 is 1.88 bits per heavy atom. The van der Waals surface area contributed by atoms with Crippen LogP contribution < -0.4 is 9.64 Å². The molecule has 3 aromatic rings. The van der Waals surface area contributed by atoms with Gasteiger partial charge in [0.1, 0.15) is 5.75 Å². The zero-order chi connectivity index (χ0) is 16.8. The molecule has 24 heavy (non-hydrogen) atoms. The molecule has 1 saturated heterocycles. The molecule has 0 aliphatic carbocycles. The molecule has 1 fully saturated rings. The van der Waals surface area contributed by atoms with Crippen LogP contribution in [0, 0.1) is 13.8 Å². The third-order valence-electron chi connectivity index (χ3n) is 4.97. The smallest absolute Gasteiger partial charge is 0.183 e. The Morgan fingerprint density at radius 1 is 1.12 bits per heavy atom. The minimum atomic E-state index is 0.794. The highest BCUT2D eigenvalue weighted by atomic mass is 16.5. The number of piperazine rings is 1. The summed E-state index contributed by atoms with van der Waals surface area (Å²) in [6, 6.07) is 4.14. The first-order chi connectivity index (χ1) is 11.6. The van der Waals surface area contributed by atoms with Gasteiger partial charge in [0, 0.05) is 37.3 Å². The summed E-state index contributed by atoms with van der Waals surface area (Å²) in [6.07, 6.45) is 0. The number of hydrogen-bond acceptors (Lipinski definition) is 5. The summed E-state index contributed by atoms with van der Waals surface area (Å²) in [4.78, 5) is 9.64. The van der Waals surface area contributed by atoms with E-state index in [0.29, 0.717) is 0 Å². The first-order valence-electron chi connectivity index (χ1n) is 8.35. The highest BCUT2D eigenvalue weighted by Gasteiger charge is 2.23. The van der Waals surface area contributed by atoms with Gasteiger partial charge in [-0.05, 0) is 38.6 Å². The van der Waals surface area contributed by atoms with Crippen molar-refractivity contribution in [3.05, 3.63) is 23.4 Å². The molecule has 0 spiro atoms. The quantitative estimate of drug-likeness (QED) is 0.784. The van der Waals surface area contributed by atoms with Crippen molar-refractivity contribution in [3.63, 3.8) is 0 Å². The Kier molecular flexibility index (Phi) is 3.57. The Labute approximate surface area is 141 Å². The van der Waals surface area contributed by atoms with Crippen LogP contribution in [0.1, 0.15) is 11.3 Å². The van der Waals surface area contributed by atoms with Crippen LogP contribution in [-0.4, -0.2) is 60.4 Å². The molecule has 126 valence electrons. The number of ether oxygens (including phenoxy) is 1. The number of rotatable bonds is 2. The number of anilines is 1. The number of aryl methyl sites for hydroxylation is 2. The number of benzene rings is 1. The Bertz CT molecular complexity index is 909. The topological polar surface area (TPSA) is 57.3 Å².